The number of halogens is 4. The highest BCUT2D eigenvalue weighted by Crippen LogP contribution is 2.26. The predicted molar refractivity (Wildman–Crippen MR) is 185 cm³/mol. The average molecular weight is 756 g/mol. The quantitative estimate of drug-likeness (QED) is 0.140. The summed E-state index contributed by atoms with van der Waals surface area (Å²) < 4.78 is 45.1. The molecule has 1 aromatic carbocycles. The van der Waals surface area contributed by atoms with Gasteiger partial charge in [0.05, 0.1) is 18.3 Å². The largest absolute Gasteiger partial charge is 0.573 e. The molecule has 0 saturated heterocycles. The number of aryl methyl sites for hydroxylation is 2. The Bertz CT molecular complexity index is 1890. The average Bonchev–Trinajstić information content (AvgIpc) is 3.70. The molecular weight excluding hydrogens is 717 g/mol. The summed E-state index contributed by atoms with van der Waals surface area (Å²) in [4.78, 5) is 45.5. The highest BCUT2D eigenvalue weighted by atomic mass is 79.9. The lowest BCUT2D eigenvalue weighted by Crippen LogP contribution is -2.36. The molecule has 0 fully saturated rings. The smallest absolute Gasteiger partial charge is 0.406 e. The third-order valence-corrected chi connectivity index (χ3v) is 7.75. The molecule has 264 valence electrons. The van der Waals surface area contributed by atoms with Gasteiger partial charge in [-0.3, -0.25) is 14.6 Å². The molecule has 0 aliphatic carbocycles. The summed E-state index contributed by atoms with van der Waals surface area (Å²) in [5, 5.41) is 0. The topological polar surface area (TPSA) is 111 Å². The molecule has 0 aliphatic rings. The lowest BCUT2D eigenvalue weighted by Gasteiger charge is -2.26. The lowest BCUT2D eigenvalue weighted by molar-refractivity contribution is -0.274. The number of amides is 2. The van der Waals surface area contributed by atoms with Gasteiger partial charge in [0.2, 0.25) is 0 Å². The maximum absolute atomic E-state index is 12.8. The number of ether oxygens (including phenoxy) is 1. The molecule has 0 saturated carbocycles. The van der Waals surface area contributed by atoms with Crippen LogP contribution in [0.4, 0.5) is 13.2 Å². The first-order chi connectivity index (χ1) is 23.6. The molecule has 4 heterocycles. The molecule has 2 amide bonds. The zero-order valence-corrected chi connectivity index (χ0v) is 30.1. The fraction of sp³-hybridized carbons (Fsp3) is 0.314. The van der Waals surface area contributed by atoms with Crippen LogP contribution in [0, 0.1) is 0 Å². The molecule has 0 unspecified atom stereocenters. The van der Waals surface area contributed by atoms with E-state index in [1.165, 1.54) is 24.3 Å². The molecule has 0 atom stereocenters. The number of carbonyl (C=O) groups excluding carboxylic acids is 2. The minimum Gasteiger partial charge on any atom is -0.406 e. The van der Waals surface area contributed by atoms with Crippen molar-refractivity contribution in [2.75, 3.05) is 0 Å². The Labute approximate surface area is 296 Å². The zero-order chi connectivity index (χ0) is 36.6. The second kappa shape index (κ2) is 16.6. The first kappa shape index (κ1) is 37.8. The molecule has 4 aromatic heterocycles. The number of benzene rings is 1. The minimum atomic E-state index is -4.74. The molecule has 15 heteroatoms. The maximum Gasteiger partial charge on any atom is 0.573 e. The van der Waals surface area contributed by atoms with Crippen molar-refractivity contribution in [1.29, 1.82) is 0 Å². The number of imidazole rings is 2. The summed E-state index contributed by atoms with van der Waals surface area (Å²) in [5.41, 5.74) is 3.92. The van der Waals surface area contributed by atoms with E-state index in [2.05, 4.69) is 40.6 Å². The fourth-order valence-corrected chi connectivity index (χ4v) is 5.22. The molecule has 0 radical (unpaired) electrons. The van der Waals surface area contributed by atoms with E-state index in [1.54, 1.807) is 75.6 Å². The molecule has 5 aromatic rings. The summed E-state index contributed by atoms with van der Waals surface area (Å²) in [5.74, 6) is -0.541. The predicted octanol–water partition coefficient (Wildman–Crippen LogP) is 7.06. The highest BCUT2D eigenvalue weighted by molar-refractivity contribution is 9.10. The molecule has 0 bridgehead atoms. The van der Waals surface area contributed by atoms with Gasteiger partial charge in [-0.1, -0.05) is 0 Å². The van der Waals surface area contributed by atoms with Crippen molar-refractivity contribution in [2.45, 2.75) is 59.2 Å². The SMILES string of the molecule is CC(C)N(Cc1ccnc(-c2ccc(OC(F)(F)F)cc2)c1)C(=O)c1cn(C)cn1.CC(C)N(Cc1ccnc(Br)c1)C(=O)c1cn(C)cn1. The Balaban J connectivity index is 0.000000244. The number of aromatic nitrogens is 6. The van der Waals surface area contributed by atoms with E-state index in [1.807, 2.05) is 46.9 Å². The first-order valence-electron chi connectivity index (χ1n) is 15.6. The van der Waals surface area contributed by atoms with Crippen molar-refractivity contribution >= 4 is 27.7 Å². The monoisotopic (exact) mass is 754 g/mol. The summed E-state index contributed by atoms with van der Waals surface area (Å²) in [6, 6.07) is 13.0. The van der Waals surface area contributed by atoms with Crippen LogP contribution in [-0.4, -0.2) is 69.1 Å². The van der Waals surface area contributed by atoms with E-state index in [9.17, 15) is 22.8 Å². The van der Waals surface area contributed by atoms with Crippen LogP contribution in [0.15, 0.2) is 90.6 Å². The number of nitrogens with zero attached hydrogens (tertiary/aromatic N) is 8. The van der Waals surface area contributed by atoms with E-state index < -0.39 is 6.36 Å². The third kappa shape index (κ3) is 10.7. The number of hydrogen-bond donors (Lipinski definition) is 0. The Morgan fingerprint density at radius 2 is 1.24 bits per heavy atom. The van der Waals surface area contributed by atoms with Gasteiger partial charge >= 0.3 is 6.36 Å². The number of hydrogen-bond acceptors (Lipinski definition) is 7. The van der Waals surface area contributed by atoms with E-state index in [0.29, 0.717) is 35.7 Å². The Morgan fingerprint density at radius 3 is 1.66 bits per heavy atom. The summed E-state index contributed by atoms with van der Waals surface area (Å²) in [7, 11) is 3.65. The van der Waals surface area contributed by atoms with Crippen LogP contribution in [0.1, 0.15) is 59.8 Å². The van der Waals surface area contributed by atoms with Crippen LogP contribution < -0.4 is 4.74 Å². The van der Waals surface area contributed by atoms with Crippen LogP contribution in [0.5, 0.6) is 5.75 Å². The van der Waals surface area contributed by atoms with Crippen molar-refractivity contribution in [3.63, 3.8) is 0 Å². The van der Waals surface area contributed by atoms with E-state index in [4.69, 9.17) is 0 Å². The van der Waals surface area contributed by atoms with E-state index in [-0.39, 0.29) is 29.6 Å². The van der Waals surface area contributed by atoms with Crippen LogP contribution in [-0.2, 0) is 27.2 Å². The molecule has 11 nitrogen and oxygen atoms in total. The van der Waals surface area contributed by atoms with Gasteiger partial charge in [0, 0.05) is 69.6 Å². The van der Waals surface area contributed by atoms with Crippen LogP contribution in [0.2, 0.25) is 0 Å². The van der Waals surface area contributed by atoms with Crippen LogP contribution in [0.3, 0.4) is 0 Å². The van der Waals surface area contributed by atoms with Crippen molar-refractivity contribution in [2.24, 2.45) is 14.1 Å². The number of rotatable bonds is 10. The summed E-state index contributed by atoms with van der Waals surface area (Å²) in [6.07, 6.45) is 5.20. The minimum absolute atomic E-state index is 0.0603. The fourth-order valence-electron chi connectivity index (χ4n) is 4.81. The van der Waals surface area contributed by atoms with E-state index in [0.717, 1.165) is 15.7 Å². The van der Waals surface area contributed by atoms with E-state index >= 15 is 0 Å². The Morgan fingerprint density at radius 1 is 0.760 bits per heavy atom. The van der Waals surface area contributed by atoms with Gasteiger partial charge < -0.3 is 23.7 Å². The number of carbonyl (C=O) groups is 2. The standard InChI is InChI=1S/C21H21F3N4O2.C14H17BrN4O/c1-14(2)28(20(29)19-12-27(3)13-26-19)11-15-8-9-25-18(10-15)16-4-6-17(7-5-16)30-21(22,23)24;1-10(2)19(7-11-4-5-16-13(15)6-11)14(20)12-8-18(3)9-17-12/h4-10,12-14H,11H2,1-3H3;4-6,8-10H,7H2,1-3H3. The normalized spacial score (nSPS) is 11.3. The molecular formula is C35H38BrF3N8O3. The highest BCUT2D eigenvalue weighted by Gasteiger charge is 2.31. The van der Waals surface area contributed by atoms with Crippen molar-refractivity contribution in [1.82, 2.24) is 38.9 Å². The second-order valence-corrected chi connectivity index (χ2v) is 12.8. The molecule has 0 N–H and O–H groups in total. The van der Waals surface area contributed by atoms with Gasteiger partial charge in [0.1, 0.15) is 21.7 Å². The van der Waals surface area contributed by atoms with Crippen LogP contribution >= 0.6 is 15.9 Å². The van der Waals surface area contributed by atoms with Gasteiger partial charge in [-0.05, 0) is 103 Å². The summed E-state index contributed by atoms with van der Waals surface area (Å²) >= 11 is 3.34. The molecule has 0 aliphatic heterocycles. The molecule has 0 spiro atoms. The van der Waals surface area contributed by atoms with Crippen molar-refractivity contribution < 1.29 is 27.5 Å². The van der Waals surface area contributed by atoms with Crippen LogP contribution in [0.25, 0.3) is 11.3 Å². The van der Waals surface area contributed by atoms with Gasteiger partial charge in [-0.15, -0.1) is 13.2 Å². The van der Waals surface area contributed by atoms with Gasteiger partial charge in [-0.2, -0.15) is 0 Å². The Kier molecular flexibility index (Phi) is 12.5. The van der Waals surface area contributed by atoms with Gasteiger partial charge in [-0.25, -0.2) is 15.0 Å². The van der Waals surface area contributed by atoms with Crippen molar-refractivity contribution in [3.8, 4) is 17.0 Å². The zero-order valence-electron chi connectivity index (χ0n) is 28.5. The Hall–Kier alpha value is -5.05. The second-order valence-electron chi connectivity index (χ2n) is 12.0. The van der Waals surface area contributed by atoms with Crippen molar-refractivity contribution in [3.05, 3.63) is 113 Å². The van der Waals surface area contributed by atoms with Gasteiger partial charge in [0.25, 0.3) is 11.8 Å². The lowest BCUT2D eigenvalue weighted by atomic mass is 10.1. The first-order valence-corrected chi connectivity index (χ1v) is 16.4. The number of alkyl halides is 3. The summed E-state index contributed by atoms with van der Waals surface area (Å²) in [6.45, 7) is 8.71. The third-order valence-electron chi connectivity index (χ3n) is 7.32. The molecule has 50 heavy (non-hydrogen) atoms. The molecule has 5 rings (SSSR count). The van der Waals surface area contributed by atoms with Gasteiger partial charge in [0.15, 0.2) is 0 Å². The number of pyridine rings is 2. The maximum atomic E-state index is 12.8.